The van der Waals surface area contributed by atoms with E-state index >= 15 is 0 Å². The summed E-state index contributed by atoms with van der Waals surface area (Å²) in [6.07, 6.45) is 20.4. The average molecular weight is 618 g/mol. The van der Waals surface area contributed by atoms with Gasteiger partial charge in [0, 0.05) is 6.42 Å². The van der Waals surface area contributed by atoms with Crippen LogP contribution in [0.5, 0.6) is 0 Å². The van der Waals surface area contributed by atoms with E-state index in [2.05, 4.69) is 77.0 Å². The number of carbonyl (C=O) groups is 1. The molecular formula is C41H63NO3. The normalized spacial score (nSPS) is 33.6. The third kappa shape index (κ3) is 7.57. The average Bonchev–Trinajstić information content (AvgIpc) is 3.37. The summed E-state index contributed by atoms with van der Waals surface area (Å²) in [4.78, 5) is 17.9. The lowest BCUT2D eigenvalue weighted by molar-refractivity contribution is -0.0616. The number of hydrogen-bond acceptors (Lipinski definition) is 4. The second-order valence-corrected chi connectivity index (χ2v) is 16.4. The Hall–Kier alpha value is -2.10. The van der Waals surface area contributed by atoms with Gasteiger partial charge in [-0.2, -0.15) is 0 Å². The summed E-state index contributed by atoms with van der Waals surface area (Å²) in [5, 5.41) is 4.12. The van der Waals surface area contributed by atoms with E-state index in [1.807, 2.05) is 6.92 Å². The van der Waals surface area contributed by atoms with Crippen LogP contribution in [0.1, 0.15) is 149 Å². The highest BCUT2D eigenvalue weighted by molar-refractivity contribution is 5.98. The number of carbonyl (C=O) groups excluding carboxylic acids is 1. The number of nitrogens with zero attached hydrogens (tertiary/aromatic N) is 1. The number of fused-ring (bicyclic) bond motifs is 5. The van der Waals surface area contributed by atoms with Crippen molar-refractivity contribution in [1.29, 1.82) is 0 Å². The maximum atomic E-state index is 12.7. The van der Waals surface area contributed by atoms with E-state index in [9.17, 15) is 4.79 Å². The Morgan fingerprint density at radius 1 is 0.956 bits per heavy atom. The quantitative estimate of drug-likeness (QED) is 0.0585. The number of rotatable bonds is 12. The maximum absolute atomic E-state index is 12.7. The van der Waals surface area contributed by atoms with Crippen molar-refractivity contribution >= 4 is 11.9 Å². The SMILES string of the molecule is CCCCCc1ccc(C(C)=NOC(=O)OC2CCC3(C)C(=CCC4C3CCC3(C)C(C(C)CCCC(C)C)CCC43)C2)cc1. The first-order chi connectivity index (χ1) is 21.5. The van der Waals surface area contributed by atoms with Gasteiger partial charge in [0.1, 0.15) is 6.10 Å². The number of ether oxygens (including phenoxy) is 1. The molecule has 3 fully saturated rings. The van der Waals surface area contributed by atoms with Gasteiger partial charge in [-0.3, -0.25) is 4.84 Å². The minimum Gasteiger partial charge on any atom is -0.429 e. The molecule has 0 spiro atoms. The molecule has 1 aromatic rings. The molecule has 0 radical (unpaired) electrons. The highest BCUT2D eigenvalue weighted by Gasteiger charge is 2.59. The van der Waals surface area contributed by atoms with E-state index in [0.717, 1.165) is 66.8 Å². The number of aryl methyl sites for hydroxylation is 1. The Labute approximate surface area is 275 Å². The zero-order valence-electron chi connectivity index (χ0n) is 29.7. The second kappa shape index (κ2) is 14.8. The van der Waals surface area contributed by atoms with Gasteiger partial charge in [-0.05, 0) is 122 Å². The molecule has 0 amide bonds. The highest BCUT2D eigenvalue weighted by atomic mass is 16.8. The Bertz CT molecular complexity index is 1200. The van der Waals surface area contributed by atoms with Gasteiger partial charge >= 0.3 is 6.16 Å². The zero-order valence-corrected chi connectivity index (χ0v) is 29.7. The maximum Gasteiger partial charge on any atom is 0.535 e. The van der Waals surface area contributed by atoms with E-state index in [1.165, 1.54) is 81.8 Å². The summed E-state index contributed by atoms with van der Waals surface area (Å²) in [6, 6.07) is 8.43. The van der Waals surface area contributed by atoms with Crippen molar-refractivity contribution < 1.29 is 14.4 Å². The standard InChI is InChI=1S/C41H63NO3/c1-8-9-10-14-31-15-17-32(18-16-31)30(5)42-45-39(43)44-34-23-25-40(6)33(27-34)19-20-35-37-22-21-36(29(4)13-11-12-28(2)3)41(37,7)26-24-38(35)40/h15-19,28-29,34-38H,8-14,20-27H2,1-7H3. The summed E-state index contributed by atoms with van der Waals surface area (Å²) in [5.74, 6) is 5.01. The molecule has 8 atom stereocenters. The number of oxime groups is 1. The largest absolute Gasteiger partial charge is 0.535 e. The van der Waals surface area contributed by atoms with Gasteiger partial charge < -0.3 is 4.74 Å². The Morgan fingerprint density at radius 2 is 1.73 bits per heavy atom. The van der Waals surface area contributed by atoms with Crippen LogP contribution in [0, 0.1) is 46.3 Å². The van der Waals surface area contributed by atoms with E-state index in [-0.39, 0.29) is 11.5 Å². The number of allylic oxidation sites excluding steroid dienone is 1. The van der Waals surface area contributed by atoms with Gasteiger partial charge in [-0.25, -0.2) is 4.79 Å². The fourth-order valence-electron chi connectivity index (χ4n) is 10.6. The fraction of sp³-hybridized carbons (Fsp3) is 0.756. The summed E-state index contributed by atoms with van der Waals surface area (Å²) >= 11 is 0. The van der Waals surface area contributed by atoms with Crippen LogP contribution in [0.3, 0.4) is 0 Å². The number of unbranched alkanes of at least 4 members (excludes halogenated alkanes) is 2. The van der Waals surface area contributed by atoms with Crippen LogP contribution in [0.4, 0.5) is 4.79 Å². The van der Waals surface area contributed by atoms with E-state index in [0.29, 0.717) is 11.1 Å². The molecule has 4 aliphatic rings. The fourth-order valence-corrected chi connectivity index (χ4v) is 10.6. The van der Waals surface area contributed by atoms with E-state index in [1.54, 1.807) is 0 Å². The molecule has 0 aliphatic heterocycles. The van der Waals surface area contributed by atoms with E-state index in [4.69, 9.17) is 9.57 Å². The van der Waals surface area contributed by atoms with Crippen LogP contribution in [0.2, 0.25) is 0 Å². The molecule has 4 aliphatic carbocycles. The van der Waals surface area contributed by atoms with Crippen LogP contribution >= 0.6 is 0 Å². The molecule has 0 heterocycles. The highest BCUT2D eigenvalue weighted by Crippen LogP contribution is 2.67. The van der Waals surface area contributed by atoms with Gasteiger partial charge in [0.15, 0.2) is 0 Å². The van der Waals surface area contributed by atoms with Gasteiger partial charge in [-0.15, -0.1) is 0 Å². The van der Waals surface area contributed by atoms with Crippen molar-refractivity contribution in [2.24, 2.45) is 51.5 Å². The lowest BCUT2D eigenvalue weighted by atomic mass is 9.47. The van der Waals surface area contributed by atoms with Crippen molar-refractivity contribution in [3.63, 3.8) is 0 Å². The van der Waals surface area contributed by atoms with Crippen LogP contribution in [-0.4, -0.2) is 18.0 Å². The molecule has 4 heteroatoms. The smallest absolute Gasteiger partial charge is 0.429 e. The molecule has 0 bridgehead atoms. The summed E-state index contributed by atoms with van der Waals surface area (Å²) in [7, 11) is 0. The third-order valence-corrected chi connectivity index (χ3v) is 13.2. The monoisotopic (exact) mass is 617 g/mol. The van der Waals surface area contributed by atoms with Crippen molar-refractivity contribution in [2.75, 3.05) is 0 Å². The first-order valence-corrected chi connectivity index (χ1v) is 18.8. The van der Waals surface area contributed by atoms with E-state index < -0.39 is 6.16 Å². The molecular weight excluding hydrogens is 554 g/mol. The minimum absolute atomic E-state index is 0.123. The molecule has 250 valence electrons. The number of hydrogen-bond donors (Lipinski definition) is 0. The first kappa shape index (κ1) is 34.2. The lowest BCUT2D eigenvalue weighted by Crippen LogP contribution is -2.51. The molecule has 5 rings (SSSR count). The van der Waals surface area contributed by atoms with Crippen LogP contribution in [0.25, 0.3) is 0 Å². The summed E-state index contributed by atoms with van der Waals surface area (Å²) < 4.78 is 5.85. The summed E-state index contributed by atoms with van der Waals surface area (Å²) in [6.45, 7) is 16.6. The first-order valence-electron chi connectivity index (χ1n) is 18.8. The molecule has 8 unspecified atom stereocenters. The van der Waals surface area contributed by atoms with Crippen molar-refractivity contribution in [3.8, 4) is 0 Å². The van der Waals surface area contributed by atoms with Crippen LogP contribution < -0.4 is 0 Å². The molecule has 45 heavy (non-hydrogen) atoms. The predicted molar refractivity (Wildman–Crippen MR) is 186 cm³/mol. The predicted octanol–water partition coefficient (Wildman–Crippen LogP) is 11.7. The zero-order chi connectivity index (χ0) is 32.2. The lowest BCUT2D eigenvalue weighted by Gasteiger charge is -2.58. The van der Waals surface area contributed by atoms with Crippen molar-refractivity contribution in [2.45, 2.75) is 151 Å². The van der Waals surface area contributed by atoms with Crippen LogP contribution in [0.15, 0.2) is 41.1 Å². The minimum atomic E-state index is -0.679. The molecule has 0 aromatic heterocycles. The van der Waals surface area contributed by atoms with Gasteiger partial charge in [0.25, 0.3) is 0 Å². The third-order valence-electron chi connectivity index (χ3n) is 13.2. The van der Waals surface area contributed by atoms with Crippen LogP contribution in [-0.2, 0) is 16.0 Å². The Balaban J connectivity index is 1.14. The molecule has 0 N–H and O–H groups in total. The Kier molecular flexibility index (Phi) is 11.2. The van der Waals surface area contributed by atoms with Gasteiger partial charge in [0.05, 0.1) is 5.71 Å². The topological polar surface area (TPSA) is 47.9 Å². The molecule has 0 saturated heterocycles. The van der Waals surface area contributed by atoms with Gasteiger partial charge in [-0.1, -0.05) is 115 Å². The number of benzene rings is 1. The molecule has 4 nitrogen and oxygen atoms in total. The van der Waals surface area contributed by atoms with Gasteiger partial charge in [0.2, 0.25) is 0 Å². The van der Waals surface area contributed by atoms with Crippen molar-refractivity contribution in [3.05, 3.63) is 47.0 Å². The molecule has 3 saturated carbocycles. The summed E-state index contributed by atoms with van der Waals surface area (Å²) in [5.41, 5.74) is 5.28. The van der Waals surface area contributed by atoms with Crippen molar-refractivity contribution in [1.82, 2.24) is 0 Å². The second-order valence-electron chi connectivity index (χ2n) is 16.4. The molecule has 1 aromatic carbocycles. The Morgan fingerprint density at radius 3 is 2.47 bits per heavy atom.